The van der Waals surface area contributed by atoms with Crippen molar-refractivity contribution in [3.63, 3.8) is 0 Å². The third-order valence-electron chi connectivity index (χ3n) is 7.92. The smallest absolute Gasteiger partial charge is 0.337 e. The number of carboxylic acid groups (broad SMARTS) is 1. The summed E-state index contributed by atoms with van der Waals surface area (Å²) in [4.78, 5) is 123. The zero-order valence-corrected chi connectivity index (χ0v) is 35.4. The number of aryl methyl sites for hydroxylation is 3. The first-order chi connectivity index (χ1) is 28.1. The van der Waals surface area contributed by atoms with E-state index in [1.165, 1.54) is 68.8 Å². The standard InChI is InChI=1S/C10H13NO5.C9H12.C8H8O2.C6H10O3.C5H7NO2.C5H5NO2/c1-7(12)3-2-4-10(15)16-11-8(13)5-6-9(11)14;1-7-4-8(2)6-9(3)5-7;1-10-8(9)7-5-3-2-4-6-7;1-5(7)3-2-4-6(8)9;2*1-6-4(7)2-3-5(6)8/h2-6H2,1H3;4-6H,1-3H3;2-6H,1H3;2-4H2,1H3,(H,8,9);2-3H2,1H3;2-3H,1H3. The van der Waals surface area contributed by atoms with Crippen molar-refractivity contribution in [3.05, 3.63) is 82.9 Å². The van der Waals surface area contributed by atoms with Gasteiger partial charge in [-0.1, -0.05) is 53.1 Å². The van der Waals surface area contributed by atoms with Crippen LogP contribution in [0.15, 0.2) is 60.7 Å². The molecular formula is C43H55N3O14. The van der Waals surface area contributed by atoms with Gasteiger partial charge in [-0.3, -0.25) is 43.4 Å². The number of likely N-dealkylation sites (tertiary alicyclic amines) is 1. The third kappa shape index (κ3) is 23.5. The molecule has 17 nitrogen and oxygen atoms in total. The van der Waals surface area contributed by atoms with Gasteiger partial charge in [0.1, 0.15) is 11.6 Å². The van der Waals surface area contributed by atoms with E-state index in [1.54, 1.807) is 24.3 Å². The zero-order valence-electron chi connectivity index (χ0n) is 35.4. The van der Waals surface area contributed by atoms with Crippen LogP contribution in [0.1, 0.15) is 105 Å². The lowest BCUT2D eigenvalue weighted by Gasteiger charge is -2.12. The molecule has 2 saturated heterocycles. The summed E-state index contributed by atoms with van der Waals surface area (Å²) < 4.78 is 4.50. The van der Waals surface area contributed by atoms with E-state index < -0.39 is 23.8 Å². The Kier molecular flexibility index (Phi) is 25.5. The SMILES string of the molecule is CC(=O)CCCC(=O)O.CC(=O)CCCC(=O)ON1C(=O)CCC1=O.CN1C(=O)C=CC1=O.CN1C(=O)CCC1=O.COC(=O)c1ccccc1.Cc1cc(C)cc(C)c1. The van der Waals surface area contributed by atoms with Gasteiger partial charge in [-0.15, -0.1) is 5.06 Å². The van der Waals surface area contributed by atoms with Crippen LogP contribution in [0.4, 0.5) is 0 Å². The van der Waals surface area contributed by atoms with Crippen molar-refractivity contribution in [1.29, 1.82) is 0 Å². The molecule has 0 spiro atoms. The molecule has 0 unspecified atom stereocenters. The molecule has 2 aromatic rings. The summed E-state index contributed by atoms with van der Waals surface area (Å²) in [7, 11) is 4.33. The number of likely N-dealkylation sites (N-methyl/N-ethyl adjacent to an activating group) is 1. The number of carbonyl (C=O) groups is 11. The van der Waals surface area contributed by atoms with E-state index >= 15 is 0 Å². The maximum atomic E-state index is 11.2. The first kappa shape index (κ1) is 53.4. The van der Waals surface area contributed by atoms with Crippen molar-refractivity contribution in [2.75, 3.05) is 21.2 Å². The second-order valence-electron chi connectivity index (χ2n) is 13.5. The molecule has 0 atom stereocenters. The topological polar surface area (TPSA) is 236 Å². The predicted molar refractivity (Wildman–Crippen MR) is 216 cm³/mol. The van der Waals surface area contributed by atoms with Gasteiger partial charge in [0, 0.05) is 77.6 Å². The van der Waals surface area contributed by atoms with Crippen LogP contribution in [-0.2, 0) is 57.5 Å². The summed E-state index contributed by atoms with van der Waals surface area (Å²) in [5.41, 5.74) is 4.65. The van der Waals surface area contributed by atoms with E-state index in [0.29, 0.717) is 42.7 Å². The van der Waals surface area contributed by atoms with Gasteiger partial charge in [-0.25, -0.2) is 9.59 Å². The summed E-state index contributed by atoms with van der Waals surface area (Å²) in [6.07, 6.45) is 5.09. The number of carbonyl (C=O) groups excluding carboxylic acids is 10. The van der Waals surface area contributed by atoms with Crippen molar-refractivity contribution in [3.8, 4) is 0 Å². The number of nitrogens with zero attached hydrogens (tertiary/aromatic N) is 3. The number of hydrogen-bond donors (Lipinski definition) is 1. The van der Waals surface area contributed by atoms with Gasteiger partial charge >= 0.3 is 17.9 Å². The molecule has 3 heterocycles. The molecule has 3 aliphatic heterocycles. The number of imide groups is 3. The van der Waals surface area contributed by atoms with Crippen LogP contribution in [-0.4, -0.2) is 106 Å². The number of ether oxygens (including phenoxy) is 1. The minimum atomic E-state index is -0.837. The highest BCUT2D eigenvalue weighted by molar-refractivity contribution is 6.12. The highest BCUT2D eigenvalue weighted by Crippen LogP contribution is 2.13. The fraction of sp³-hybridized carbons (Fsp3) is 0.419. The van der Waals surface area contributed by atoms with Crippen LogP contribution >= 0.6 is 0 Å². The van der Waals surface area contributed by atoms with Crippen molar-refractivity contribution < 1.29 is 67.4 Å². The fourth-order valence-electron chi connectivity index (χ4n) is 4.83. The summed E-state index contributed by atoms with van der Waals surface area (Å²) in [6, 6.07) is 15.4. The first-order valence-corrected chi connectivity index (χ1v) is 18.8. The Morgan fingerprint density at radius 2 is 1.00 bits per heavy atom. The average molecular weight is 838 g/mol. The molecule has 0 saturated carbocycles. The third-order valence-corrected chi connectivity index (χ3v) is 7.92. The van der Waals surface area contributed by atoms with Crippen molar-refractivity contribution in [1.82, 2.24) is 14.9 Å². The molecular weight excluding hydrogens is 782 g/mol. The van der Waals surface area contributed by atoms with Gasteiger partial charge in [0.2, 0.25) is 11.8 Å². The Morgan fingerprint density at radius 1 is 0.600 bits per heavy atom. The molecule has 0 aromatic heterocycles. The van der Waals surface area contributed by atoms with Crippen molar-refractivity contribution >= 4 is 64.9 Å². The van der Waals surface area contributed by atoms with Gasteiger partial charge in [0.15, 0.2) is 0 Å². The Bertz CT molecular complexity index is 1770. The summed E-state index contributed by atoms with van der Waals surface area (Å²) in [6.45, 7) is 9.26. The lowest BCUT2D eigenvalue weighted by molar-refractivity contribution is -0.197. The van der Waals surface area contributed by atoms with Gasteiger partial charge in [-0.2, -0.15) is 0 Å². The number of hydrogen-bond acceptors (Lipinski definition) is 13. The molecule has 60 heavy (non-hydrogen) atoms. The van der Waals surface area contributed by atoms with Crippen LogP contribution < -0.4 is 0 Å². The molecule has 17 heteroatoms. The number of ketones is 2. The number of methoxy groups -OCH3 is 1. The largest absolute Gasteiger partial charge is 0.481 e. The number of amides is 6. The van der Waals surface area contributed by atoms with Gasteiger partial charge in [0.25, 0.3) is 23.6 Å². The molecule has 0 bridgehead atoms. The molecule has 2 aromatic carbocycles. The second kappa shape index (κ2) is 28.7. The predicted octanol–water partition coefficient (Wildman–Crippen LogP) is 4.57. The lowest BCUT2D eigenvalue weighted by Crippen LogP contribution is -2.31. The molecule has 326 valence electrons. The number of rotatable bonds is 10. The van der Waals surface area contributed by atoms with E-state index in [9.17, 15) is 52.7 Å². The number of aliphatic carboxylic acids is 1. The molecule has 3 aliphatic rings. The van der Waals surface area contributed by atoms with Gasteiger partial charge in [-0.05, 0) is 59.6 Å². The molecule has 2 fully saturated rings. The zero-order chi connectivity index (χ0) is 45.9. The van der Waals surface area contributed by atoms with E-state index in [0.717, 1.165) is 4.90 Å². The molecule has 1 N–H and O–H groups in total. The highest BCUT2D eigenvalue weighted by Gasteiger charge is 2.32. The van der Waals surface area contributed by atoms with Gasteiger partial charge < -0.3 is 24.3 Å². The van der Waals surface area contributed by atoms with E-state index in [4.69, 9.17) is 5.11 Å². The fourth-order valence-corrected chi connectivity index (χ4v) is 4.83. The Balaban J connectivity index is 0.000000711. The quantitative estimate of drug-likeness (QED) is 0.255. The molecule has 5 rings (SSSR count). The Hall–Kier alpha value is -6.65. The molecule has 6 amide bonds. The van der Waals surface area contributed by atoms with Crippen LogP contribution in [0.5, 0.6) is 0 Å². The lowest BCUT2D eigenvalue weighted by atomic mass is 10.1. The average Bonchev–Trinajstić information content (AvgIpc) is 3.77. The molecule has 0 radical (unpaired) electrons. The van der Waals surface area contributed by atoms with Crippen LogP contribution in [0.2, 0.25) is 0 Å². The summed E-state index contributed by atoms with van der Waals surface area (Å²) in [5, 5.41) is 8.63. The van der Waals surface area contributed by atoms with Crippen LogP contribution in [0, 0.1) is 20.8 Å². The highest BCUT2D eigenvalue weighted by atomic mass is 16.7. The van der Waals surface area contributed by atoms with Crippen LogP contribution in [0.3, 0.4) is 0 Å². The number of esters is 1. The Labute approximate surface area is 349 Å². The maximum absolute atomic E-state index is 11.2. The second-order valence-corrected chi connectivity index (χ2v) is 13.5. The van der Waals surface area contributed by atoms with Gasteiger partial charge in [0.05, 0.1) is 12.7 Å². The number of benzene rings is 2. The maximum Gasteiger partial charge on any atom is 0.337 e. The summed E-state index contributed by atoms with van der Waals surface area (Å²) in [5.74, 6) is -3.34. The number of Topliss-reactive ketones (excluding diaryl/α,β-unsaturated/α-hetero) is 2. The number of hydroxylamine groups is 2. The summed E-state index contributed by atoms with van der Waals surface area (Å²) >= 11 is 0. The van der Waals surface area contributed by atoms with E-state index in [2.05, 4.69) is 48.5 Å². The van der Waals surface area contributed by atoms with Crippen molar-refractivity contribution in [2.24, 2.45) is 0 Å². The van der Waals surface area contributed by atoms with E-state index in [1.807, 2.05) is 6.07 Å². The minimum Gasteiger partial charge on any atom is -0.481 e. The molecule has 0 aliphatic carbocycles. The normalized spacial score (nSPS) is 13.6. The van der Waals surface area contributed by atoms with Crippen LogP contribution in [0.25, 0.3) is 0 Å². The van der Waals surface area contributed by atoms with E-state index in [-0.39, 0.29) is 73.3 Å². The van der Waals surface area contributed by atoms with Crippen molar-refractivity contribution in [2.45, 2.75) is 98.8 Å². The monoisotopic (exact) mass is 837 g/mol. The number of carboxylic acids is 1. The first-order valence-electron chi connectivity index (χ1n) is 18.8. The minimum absolute atomic E-state index is 0.0128. The Morgan fingerprint density at radius 3 is 1.32 bits per heavy atom.